The van der Waals surface area contributed by atoms with Crippen LogP contribution >= 0.6 is 7.82 Å². The minimum absolute atomic E-state index is 0.0329. The standard InChI is InChI=1S/C74H114FN2O12P/c1-5-7-9-11-13-15-17-19-21-22-24-26-28-30-32-34-42-48-69(82)88-66(57-86-68(81)47-41-33-31-29-27-25-23-20-18-16-14-12-10-8-6-2)58-87-90(84,85)89-65(56-67(79)80)55-64(78)53-54-77-72(59(3)4)71(74(83)76-63-45-39-36-40-46-63)70(60-43-37-35-38-44-60)73(77)61-49-51-62(75)52-50-61/h35-40,43-46,49-52,59,64-66,78H,5-34,41-42,47-48,53-58H2,1-4H3,(H,76,83)(H,79,80)(H,84,85)/t64-,65-,66?/m1/s1. The number of aliphatic hydroxyl groups excluding tert-OH is 1. The van der Waals surface area contributed by atoms with Crippen LogP contribution in [0.1, 0.15) is 287 Å². The monoisotopic (exact) mass is 1270 g/mol. The average Bonchev–Trinajstić information content (AvgIpc) is 1.60. The van der Waals surface area contributed by atoms with Gasteiger partial charge in [-0.15, -0.1) is 0 Å². The van der Waals surface area contributed by atoms with E-state index in [2.05, 4.69) is 19.2 Å². The molecule has 3 aromatic carbocycles. The van der Waals surface area contributed by atoms with Crippen molar-refractivity contribution in [1.29, 1.82) is 0 Å². The summed E-state index contributed by atoms with van der Waals surface area (Å²) in [7, 11) is -5.12. The third-order valence-corrected chi connectivity index (χ3v) is 17.9. The maximum atomic E-state index is 14.6. The van der Waals surface area contributed by atoms with Gasteiger partial charge in [0.05, 0.1) is 36.5 Å². The summed E-state index contributed by atoms with van der Waals surface area (Å²) in [6.45, 7) is 7.34. The van der Waals surface area contributed by atoms with Crippen LogP contribution in [0.2, 0.25) is 0 Å². The number of esters is 2. The third kappa shape index (κ3) is 32.9. The Labute approximate surface area is 540 Å². The molecule has 4 aromatic rings. The number of anilines is 1. The van der Waals surface area contributed by atoms with Crippen LogP contribution < -0.4 is 5.32 Å². The van der Waals surface area contributed by atoms with E-state index in [9.17, 15) is 43.2 Å². The van der Waals surface area contributed by atoms with E-state index in [1.807, 2.05) is 66.9 Å². The van der Waals surface area contributed by atoms with Gasteiger partial charge < -0.3 is 34.5 Å². The van der Waals surface area contributed by atoms with E-state index in [1.54, 1.807) is 24.3 Å². The normalized spacial score (nSPS) is 13.2. The number of phosphoric ester groups is 1. The predicted molar refractivity (Wildman–Crippen MR) is 361 cm³/mol. The van der Waals surface area contributed by atoms with E-state index in [0.29, 0.717) is 46.6 Å². The second-order valence-corrected chi connectivity index (χ2v) is 26.6. The number of aliphatic carboxylic acids is 1. The Morgan fingerprint density at radius 2 is 1.01 bits per heavy atom. The number of unbranched alkanes of at least 4 members (excludes halogenated alkanes) is 30. The highest BCUT2D eigenvalue weighted by atomic mass is 31.2. The number of hydrogen-bond acceptors (Lipinski definition) is 10. The fraction of sp³-hybridized carbons (Fsp3) is 0.649. The molecule has 1 heterocycles. The zero-order valence-electron chi connectivity index (χ0n) is 55.5. The van der Waals surface area contributed by atoms with Crippen molar-refractivity contribution in [3.63, 3.8) is 0 Å². The van der Waals surface area contributed by atoms with Crippen LogP contribution in [0.5, 0.6) is 0 Å². The molecular weight excluding hydrogens is 1160 g/mol. The van der Waals surface area contributed by atoms with Gasteiger partial charge in [-0.3, -0.25) is 28.2 Å². The second kappa shape index (κ2) is 46.8. The Hall–Kier alpha value is -5.18. The highest BCUT2D eigenvalue weighted by Gasteiger charge is 2.34. The van der Waals surface area contributed by atoms with E-state index < -0.39 is 75.9 Å². The van der Waals surface area contributed by atoms with Crippen molar-refractivity contribution >= 4 is 37.3 Å². The molecule has 0 radical (unpaired) electrons. The first-order valence-electron chi connectivity index (χ1n) is 35.0. The molecule has 0 fully saturated rings. The lowest BCUT2D eigenvalue weighted by molar-refractivity contribution is -0.161. The number of nitrogens with one attached hydrogen (secondary N) is 1. The number of carbonyl (C=O) groups is 4. The summed E-state index contributed by atoms with van der Waals surface area (Å²) in [5, 5.41) is 24.7. The lowest BCUT2D eigenvalue weighted by Gasteiger charge is -2.24. The number of ether oxygens (including phenoxy) is 2. The number of amides is 1. The maximum absolute atomic E-state index is 14.6. The number of aromatic nitrogens is 1. The molecule has 4 rings (SSSR count). The molecule has 0 bridgehead atoms. The third-order valence-electron chi connectivity index (χ3n) is 16.8. The molecule has 0 saturated heterocycles. The van der Waals surface area contributed by atoms with Crippen LogP contribution in [0.25, 0.3) is 22.4 Å². The Bertz CT molecular complexity index is 2610. The number of carboxylic acid groups (broad SMARTS) is 1. The number of nitrogens with zero attached hydrogens (tertiary/aromatic N) is 1. The van der Waals surface area contributed by atoms with E-state index >= 15 is 0 Å². The van der Waals surface area contributed by atoms with Crippen LogP contribution in [0.15, 0.2) is 84.9 Å². The Morgan fingerprint density at radius 1 is 0.567 bits per heavy atom. The van der Waals surface area contributed by atoms with Gasteiger partial charge in [-0.1, -0.05) is 269 Å². The SMILES string of the molecule is CCCCCCCCCCCCCCCCCCCC(=O)OC(COC(=O)CCCCCCCCCCCCCCCCC)COP(=O)(O)O[C@@H](CC(=O)O)C[C@H](O)CCn1c(-c2ccc(F)cc2)c(-c2ccccc2)c(C(=O)Nc2ccccc2)c1C(C)C. The lowest BCUT2D eigenvalue weighted by atomic mass is 9.94. The van der Waals surface area contributed by atoms with E-state index in [1.165, 1.54) is 160 Å². The first-order chi connectivity index (χ1) is 43.6. The topological polar surface area (TPSA) is 200 Å². The molecule has 0 aliphatic heterocycles. The summed E-state index contributed by atoms with van der Waals surface area (Å²) in [4.78, 5) is 64.2. The number of carbonyl (C=O) groups excluding carboxylic acids is 3. The molecule has 4 N–H and O–H groups in total. The summed E-state index contributed by atoms with van der Waals surface area (Å²) >= 11 is 0. The average molecular weight is 1270 g/mol. The molecule has 1 aromatic heterocycles. The fourth-order valence-electron chi connectivity index (χ4n) is 11.9. The van der Waals surface area contributed by atoms with Crippen molar-refractivity contribution in [2.75, 3.05) is 18.5 Å². The number of carboxylic acids is 1. The minimum Gasteiger partial charge on any atom is -0.481 e. The smallest absolute Gasteiger partial charge is 0.472 e. The molecule has 0 spiro atoms. The number of rotatable bonds is 54. The predicted octanol–water partition coefficient (Wildman–Crippen LogP) is 20.2. The van der Waals surface area contributed by atoms with Crippen molar-refractivity contribution in [3.8, 4) is 22.4 Å². The first-order valence-corrected chi connectivity index (χ1v) is 36.5. The largest absolute Gasteiger partial charge is 0.481 e. The fourth-order valence-corrected chi connectivity index (χ4v) is 12.9. The van der Waals surface area contributed by atoms with Gasteiger partial charge in [-0.25, -0.2) is 8.96 Å². The Balaban J connectivity index is 1.37. The molecule has 90 heavy (non-hydrogen) atoms. The van der Waals surface area contributed by atoms with Crippen molar-refractivity contribution in [2.45, 2.75) is 296 Å². The summed E-state index contributed by atoms with van der Waals surface area (Å²) in [5.74, 6) is -3.52. The quantitative estimate of drug-likeness (QED) is 0.0186. The lowest BCUT2D eigenvalue weighted by Crippen LogP contribution is -2.30. The van der Waals surface area contributed by atoms with Gasteiger partial charge in [0.2, 0.25) is 0 Å². The summed E-state index contributed by atoms with van der Waals surface area (Å²) in [6, 6.07) is 24.3. The van der Waals surface area contributed by atoms with Gasteiger partial charge in [0.25, 0.3) is 5.91 Å². The van der Waals surface area contributed by atoms with Crippen LogP contribution in [0, 0.1) is 5.82 Å². The van der Waals surface area contributed by atoms with E-state index in [0.717, 1.165) is 50.5 Å². The van der Waals surface area contributed by atoms with Crippen molar-refractivity contribution in [3.05, 3.63) is 102 Å². The van der Waals surface area contributed by atoms with Crippen LogP contribution in [-0.2, 0) is 44.0 Å². The number of benzene rings is 3. The van der Waals surface area contributed by atoms with Crippen LogP contribution in [0.4, 0.5) is 10.1 Å². The van der Waals surface area contributed by atoms with Gasteiger partial charge in [0.1, 0.15) is 12.4 Å². The summed E-state index contributed by atoms with van der Waals surface area (Å²) in [5.41, 5.74) is 4.10. The van der Waals surface area contributed by atoms with E-state index in [-0.39, 0.29) is 37.6 Å². The van der Waals surface area contributed by atoms with Gasteiger partial charge in [0.15, 0.2) is 6.10 Å². The second-order valence-electron chi connectivity index (χ2n) is 25.2. The van der Waals surface area contributed by atoms with Crippen molar-refractivity contribution in [2.24, 2.45) is 0 Å². The molecule has 0 saturated carbocycles. The highest BCUT2D eigenvalue weighted by molar-refractivity contribution is 7.47. The number of halogens is 1. The van der Waals surface area contributed by atoms with E-state index in [4.69, 9.17) is 18.5 Å². The summed E-state index contributed by atoms with van der Waals surface area (Å²) in [6.07, 6.45) is 33.2. The zero-order valence-corrected chi connectivity index (χ0v) is 56.4. The van der Waals surface area contributed by atoms with Gasteiger partial charge in [-0.2, -0.15) is 0 Å². The molecule has 1 amide bonds. The zero-order chi connectivity index (χ0) is 65.0. The summed E-state index contributed by atoms with van der Waals surface area (Å²) < 4.78 is 52.4. The number of aliphatic hydroxyl groups is 1. The van der Waals surface area contributed by atoms with Gasteiger partial charge >= 0.3 is 25.7 Å². The number of hydrogen-bond donors (Lipinski definition) is 4. The first kappa shape index (κ1) is 77.3. The minimum atomic E-state index is -5.12. The van der Waals surface area contributed by atoms with Crippen molar-refractivity contribution in [1.82, 2.24) is 4.57 Å². The molecular formula is C74H114FN2O12P. The Morgan fingerprint density at radius 3 is 1.47 bits per heavy atom. The molecule has 4 atom stereocenters. The number of para-hydroxylation sites is 1. The highest BCUT2D eigenvalue weighted by Crippen LogP contribution is 2.47. The molecule has 0 aliphatic carbocycles. The molecule has 14 nitrogen and oxygen atoms in total. The Kier molecular flexibility index (Phi) is 40.2. The van der Waals surface area contributed by atoms with Gasteiger partial charge in [0, 0.05) is 42.8 Å². The van der Waals surface area contributed by atoms with Crippen molar-refractivity contribution < 1.29 is 61.8 Å². The maximum Gasteiger partial charge on any atom is 0.472 e. The molecule has 0 aliphatic rings. The van der Waals surface area contributed by atoms with Gasteiger partial charge in [-0.05, 0) is 72.7 Å². The molecule has 504 valence electrons. The number of phosphoric acid groups is 1. The van der Waals surface area contributed by atoms with Crippen LogP contribution in [0.3, 0.4) is 0 Å². The van der Waals surface area contributed by atoms with Crippen LogP contribution in [-0.4, -0.2) is 75.0 Å². The molecule has 16 heteroatoms. The molecule has 2 unspecified atom stereocenters.